The number of ketones is 1. The lowest BCUT2D eigenvalue weighted by Crippen LogP contribution is -2.04. The van der Waals surface area contributed by atoms with Crippen molar-refractivity contribution < 1.29 is 9.53 Å². The molecule has 0 spiro atoms. The molecule has 0 saturated heterocycles. The van der Waals surface area contributed by atoms with Gasteiger partial charge < -0.3 is 10.5 Å². The van der Waals surface area contributed by atoms with E-state index in [2.05, 4.69) is 15.9 Å². The predicted octanol–water partition coefficient (Wildman–Crippen LogP) is 4.12. The molecule has 0 unspecified atom stereocenters. The first kappa shape index (κ1) is 14.9. The van der Waals surface area contributed by atoms with Crippen LogP contribution < -0.4 is 10.5 Å². The van der Waals surface area contributed by atoms with Crippen LogP contribution >= 0.6 is 27.5 Å². The van der Waals surface area contributed by atoms with E-state index in [1.165, 1.54) is 0 Å². The van der Waals surface area contributed by atoms with E-state index in [4.69, 9.17) is 22.1 Å². The summed E-state index contributed by atoms with van der Waals surface area (Å²) in [5, 5.41) is 0.395. The number of halogens is 2. The Labute approximate surface area is 130 Å². The highest BCUT2D eigenvalue weighted by molar-refractivity contribution is 9.10. The van der Waals surface area contributed by atoms with Gasteiger partial charge in [-0.15, -0.1) is 0 Å². The summed E-state index contributed by atoms with van der Waals surface area (Å²) in [6, 6.07) is 10.5. The molecule has 0 saturated carbocycles. The summed E-state index contributed by atoms with van der Waals surface area (Å²) in [4.78, 5) is 12.2. The van der Waals surface area contributed by atoms with Crippen molar-refractivity contribution in [2.45, 2.75) is 6.42 Å². The lowest BCUT2D eigenvalue weighted by molar-refractivity contribution is 0.0993. The molecule has 2 aromatic rings. The molecule has 0 aliphatic rings. The van der Waals surface area contributed by atoms with Crippen molar-refractivity contribution in [1.82, 2.24) is 0 Å². The zero-order valence-electron chi connectivity index (χ0n) is 10.8. The highest BCUT2D eigenvalue weighted by Crippen LogP contribution is 2.26. The van der Waals surface area contributed by atoms with Gasteiger partial charge >= 0.3 is 0 Å². The molecule has 0 aromatic heterocycles. The second kappa shape index (κ2) is 6.29. The van der Waals surface area contributed by atoms with E-state index >= 15 is 0 Å². The highest BCUT2D eigenvalue weighted by atomic mass is 79.9. The van der Waals surface area contributed by atoms with Gasteiger partial charge in [0.15, 0.2) is 5.78 Å². The summed E-state index contributed by atoms with van der Waals surface area (Å²) in [7, 11) is 1.60. The monoisotopic (exact) mass is 353 g/mol. The Hall–Kier alpha value is -1.52. The van der Waals surface area contributed by atoms with Crippen LogP contribution in [0.4, 0.5) is 5.69 Å². The number of ether oxygens (including phenoxy) is 1. The summed E-state index contributed by atoms with van der Waals surface area (Å²) < 4.78 is 5.98. The number of carbonyl (C=O) groups excluding carboxylic acids is 1. The van der Waals surface area contributed by atoms with Gasteiger partial charge in [-0.3, -0.25) is 4.79 Å². The molecule has 2 rings (SSSR count). The van der Waals surface area contributed by atoms with Crippen molar-refractivity contribution >= 4 is 39.0 Å². The van der Waals surface area contributed by atoms with Crippen LogP contribution in [-0.2, 0) is 6.42 Å². The van der Waals surface area contributed by atoms with Crippen LogP contribution in [0.1, 0.15) is 15.9 Å². The summed E-state index contributed by atoms with van der Waals surface area (Å²) in [5.41, 5.74) is 7.55. The SMILES string of the molecule is COc1ccc(CC(=O)c2ccc(N)c(Cl)c2)cc1Br. The molecule has 0 radical (unpaired) electrons. The fraction of sp³-hybridized carbons (Fsp3) is 0.133. The molecule has 20 heavy (non-hydrogen) atoms. The number of nitrogens with two attached hydrogens (primary N) is 1. The van der Waals surface area contributed by atoms with Gasteiger partial charge in [-0.05, 0) is 51.8 Å². The van der Waals surface area contributed by atoms with Gasteiger partial charge in [0, 0.05) is 12.0 Å². The van der Waals surface area contributed by atoms with Crippen molar-refractivity contribution in [2.24, 2.45) is 0 Å². The number of methoxy groups -OCH3 is 1. The molecule has 0 heterocycles. The minimum absolute atomic E-state index is 0.0102. The Morgan fingerprint density at radius 1 is 1.30 bits per heavy atom. The van der Waals surface area contributed by atoms with Crippen LogP contribution in [0, 0.1) is 0 Å². The topological polar surface area (TPSA) is 52.3 Å². The van der Waals surface area contributed by atoms with E-state index in [9.17, 15) is 4.79 Å². The van der Waals surface area contributed by atoms with Crippen LogP contribution in [0.2, 0.25) is 5.02 Å². The average molecular weight is 355 g/mol. The average Bonchev–Trinajstić information content (AvgIpc) is 2.42. The quantitative estimate of drug-likeness (QED) is 0.664. The van der Waals surface area contributed by atoms with Crippen molar-refractivity contribution in [2.75, 3.05) is 12.8 Å². The molecule has 0 bridgehead atoms. The molecule has 104 valence electrons. The van der Waals surface area contributed by atoms with Gasteiger partial charge in [0.1, 0.15) is 5.75 Å². The van der Waals surface area contributed by atoms with Gasteiger partial charge in [-0.1, -0.05) is 17.7 Å². The number of rotatable bonds is 4. The third-order valence-corrected chi connectivity index (χ3v) is 3.85. The van der Waals surface area contributed by atoms with Crippen molar-refractivity contribution in [3.63, 3.8) is 0 Å². The Morgan fingerprint density at radius 2 is 2.05 bits per heavy atom. The number of nitrogen functional groups attached to an aromatic ring is 1. The van der Waals surface area contributed by atoms with E-state index in [-0.39, 0.29) is 5.78 Å². The second-order valence-electron chi connectivity index (χ2n) is 4.31. The number of benzene rings is 2. The largest absolute Gasteiger partial charge is 0.496 e. The van der Waals surface area contributed by atoms with Crippen LogP contribution in [0.3, 0.4) is 0 Å². The Kier molecular flexibility index (Phi) is 4.68. The Bertz CT molecular complexity index is 658. The number of carbonyl (C=O) groups is 1. The van der Waals surface area contributed by atoms with Gasteiger partial charge in [0.25, 0.3) is 0 Å². The van der Waals surface area contributed by atoms with Crippen LogP contribution in [0.15, 0.2) is 40.9 Å². The van der Waals surface area contributed by atoms with E-state index in [0.29, 0.717) is 22.7 Å². The maximum absolute atomic E-state index is 12.2. The molecule has 0 aliphatic carbocycles. The van der Waals surface area contributed by atoms with E-state index in [1.807, 2.05) is 18.2 Å². The van der Waals surface area contributed by atoms with Gasteiger partial charge in [0.05, 0.1) is 22.3 Å². The number of hydrogen-bond donors (Lipinski definition) is 1. The minimum Gasteiger partial charge on any atom is -0.496 e. The molecule has 0 amide bonds. The predicted molar refractivity (Wildman–Crippen MR) is 84.6 cm³/mol. The lowest BCUT2D eigenvalue weighted by Gasteiger charge is -2.07. The summed E-state index contributed by atoms with van der Waals surface area (Å²) in [6.45, 7) is 0. The fourth-order valence-electron chi connectivity index (χ4n) is 1.81. The molecule has 0 fully saturated rings. The van der Waals surface area contributed by atoms with Gasteiger partial charge in [0.2, 0.25) is 0 Å². The fourth-order valence-corrected chi connectivity index (χ4v) is 2.58. The first-order valence-electron chi connectivity index (χ1n) is 5.92. The summed E-state index contributed by atoms with van der Waals surface area (Å²) >= 11 is 9.33. The van der Waals surface area contributed by atoms with Crippen LogP contribution in [0.5, 0.6) is 5.75 Å². The normalized spacial score (nSPS) is 10.3. The highest BCUT2D eigenvalue weighted by Gasteiger charge is 2.10. The Balaban J connectivity index is 2.19. The van der Waals surface area contributed by atoms with Gasteiger partial charge in [-0.25, -0.2) is 0 Å². The third-order valence-electron chi connectivity index (χ3n) is 2.90. The number of anilines is 1. The van der Waals surface area contributed by atoms with E-state index in [1.54, 1.807) is 25.3 Å². The zero-order valence-corrected chi connectivity index (χ0v) is 13.2. The van der Waals surface area contributed by atoms with Crippen LogP contribution in [-0.4, -0.2) is 12.9 Å². The lowest BCUT2D eigenvalue weighted by atomic mass is 10.0. The maximum Gasteiger partial charge on any atom is 0.167 e. The first-order valence-corrected chi connectivity index (χ1v) is 7.09. The first-order chi connectivity index (χ1) is 9.51. The standard InChI is InChI=1S/C15H13BrClNO2/c1-20-15-5-2-9(6-11(15)16)7-14(19)10-3-4-13(18)12(17)8-10/h2-6,8H,7,18H2,1H3. The minimum atomic E-state index is -0.0102. The number of hydrogen-bond acceptors (Lipinski definition) is 3. The van der Waals surface area contributed by atoms with E-state index < -0.39 is 0 Å². The van der Waals surface area contributed by atoms with Crippen molar-refractivity contribution in [1.29, 1.82) is 0 Å². The van der Waals surface area contributed by atoms with Gasteiger partial charge in [-0.2, -0.15) is 0 Å². The maximum atomic E-state index is 12.2. The summed E-state index contributed by atoms with van der Waals surface area (Å²) in [5.74, 6) is 0.723. The van der Waals surface area contributed by atoms with Crippen LogP contribution in [0.25, 0.3) is 0 Å². The van der Waals surface area contributed by atoms with Crippen molar-refractivity contribution in [3.8, 4) is 5.75 Å². The van der Waals surface area contributed by atoms with Crippen molar-refractivity contribution in [3.05, 3.63) is 57.0 Å². The second-order valence-corrected chi connectivity index (χ2v) is 5.57. The molecule has 2 aromatic carbocycles. The molecule has 0 atom stereocenters. The summed E-state index contributed by atoms with van der Waals surface area (Å²) in [6.07, 6.45) is 0.294. The Morgan fingerprint density at radius 3 is 2.65 bits per heavy atom. The molecule has 5 heteroatoms. The molecule has 0 aliphatic heterocycles. The van der Waals surface area contributed by atoms with E-state index in [0.717, 1.165) is 15.8 Å². The molecular formula is C15H13BrClNO2. The smallest absolute Gasteiger partial charge is 0.167 e. The zero-order chi connectivity index (χ0) is 14.7. The molecule has 2 N–H and O–H groups in total. The number of Topliss-reactive ketones (excluding diaryl/α,β-unsaturated/α-hetero) is 1. The molecule has 3 nitrogen and oxygen atoms in total. The third kappa shape index (κ3) is 3.32. The molecular weight excluding hydrogens is 342 g/mol.